The largest absolute Gasteiger partial charge is 0.457 e. The first-order valence-corrected chi connectivity index (χ1v) is 11.2. The standard InChI is InChI=1S/C29H36O/c1-6-29(5,25-19-17-24(18-20-25)28(2,3)4)21-11-13-23-12-10-16-27(22-23)30-26-14-8-7-9-15-26/h7-10,12,14-20,22H,6,11,13,21H2,1-5H3. The average Bonchev–Trinajstić information content (AvgIpc) is 2.74. The van der Waals surface area contributed by atoms with E-state index < -0.39 is 0 Å². The maximum absolute atomic E-state index is 6.00. The fourth-order valence-corrected chi connectivity index (χ4v) is 3.97. The molecule has 0 spiro atoms. The van der Waals surface area contributed by atoms with Crippen LogP contribution in [0.3, 0.4) is 0 Å². The van der Waals surface area contributed by atoms with E-state index in [-0.39, 0.29) is 10.8 Å². The topological polar surface area (TPSA) is 9.23 Å². The zero-order valence-electron chi connectivity index (χ0n) is 19.2. The first-order chi connectivity index (χ1) is 14.3. The van der Waals surface area contributed by atoms with Gasteiger partial charge in [0, 0.05) is 0 Å². The minimum Gasteiger partial charge on any atom is -0.457 e. The Labute approximate surface area is 183 Å². The molecular weight excluding hydrogens is 364 g/mol. The number of hydrogen-bond donors (Lipinski definition) is 0. The second-order valence-corrected chi connectivity index (χ2v) is 9.66. The SMILES string of the molecule is CCC(C)(CCCc1cccc(Oc2ccccc2)c1)c1ccc(C(C)(C)C)cc1. The fraction of sp³-hybridized carbons (Fsp3) is 0.379. The highest BCUT2D eigenvalue weighted by Crippen LogP contribution is 2.34. The molecule has 1 atom stereocenters. The van der Waals surface area contributed by atoms with Crippen molar-refractivity contribution in [3.63, 3.8) is 0 Å². The molecular formula is C29H36O. The molecule has 158 valence electrons. The van der Waals surface area contributed by atoms with Crippen LogP contribution in [0.15, 0.2) is 78.9 Å². The van der Waals surface area contributed by atoms with E-state index in [9.17, 15) is 0 Å². The quantitative estimate of drug-likeness (QED) is 0.368. The van der Waals surface area contributed by atoms with Gasteiger partial charge in [-0.1, -0.05) is 89.2 Å². The maximum Gasteiger partial charge on any atom is 0.127 e. The summed E-state index contributed by atoms with van der Waals surface area (Å²) in [5.74, 6) is 1.79. The second-order valence-electron chi connectivity index (χ2n) is 9.66. The summed E-state index contributed by atoms with van der Waals surface area (Å²) in [6, 6.07) is 27.8. The molecule has 1 heteroatoms. The van der Waals surface area contributed by atoms with Gasteiger partial charge in [-0.05, 0) is 77.5 Å². The zero-order chi connectivity index (χ0) is 21.6. The van der Waals surface area contributed by atoms with Gasteiger partial charge in [0.25, 0.3) is 0 Å². The highest BCUT2D eigenvalue weighted by molar-refractivity contribution is 5.34. The van der Waals surface area contributed by atoms with Gasteiger partial charge >= 0.3 is 0 Å². The molecule has 30 heavy (non-hydrogen) atoms. The molecule has 1 unspecified atom stereocenters. The van der Waals surface area contributed by atoms with Crippen LogP contribution in [0.1, 0.15) is 70.6 Å². The van der Waals surface area contributed by atoms with Crippen molar-refractivity contribution in [2.75, 3.05) is 0 Å². The average molecular weight is 401 g/mol. The summed E-state index contributed by atoms with van der Waals surface area (Å²) in [7, 11) is 0. The van der Waals surface area contributed by atoms with Crippen molar-refractivity contribution in [3.05, 3.63) is 95.6 Å². The van der Waals surface area contributed by atoms with Crippen LogP contribution in [0.2, 0.25) is 0 Å². The lowest BCUT2D eigenvalue weighted by Gasteiger charge is -2.30. The van der Waals surface area contributed by atoms with Crippen LogP contribution in [-0.4, -0.2) is 0 Å². The van der Waals surface area contributed by atoms with Crippen molar-refractivity contribution >= 4 is 0 Å². The van der Waals surface area contributed by atoms with Crippen LogP contribution in [0.4, 0.5) is 0 Å². The Kier molecular flexibility index (Phi) is 7.02. The van der Waals surface area contributed by atoms with Gasteiger partial charge in [0.15, 0.2) is 0 Å². The van der Waals surface area contributed by atoms with E-state index >= 15 is 0 Å². The smallest absolute Gasteiger partial charge is 0.127 e. The molecule has 0 bridgehead atoms. The molecule has 0 radical (unpaired) electrons. The molecule has 0 saturated carbocycles. The van der Waals surface area contributed by atoms with Gasteiger partial charge < -0.3 is 4.74 Å². The minimum atomic E-state index is 0.202. The van der Waals surface area contributed by atoms with Gasteiger partial charge in [0.05, 0.1) is 0 Å². The second kappa shape index (κ2) is 9.51. The number of ether oxygens (including phenoxy) is 1. The number of benzene rings is 3. The molecule has 3 aromatic carbocycles. The van der Waals surface area contributed by atoms with Crippen LogP contribution < -0.4 is 4.74 Å². The molecule has 0 saturated heterocycles. The maximum atomic E-state index is 6.00. The Balaban J connectivity index is 1.62. The van der Waals surface area contributed by atoms with Gasteiger partial charge in [-0.2, -0.15) is 0 Å². The zero-order valence-corrected chi connectivity index (χ0v) is 19.2. The summed E-state index contributed by atoms with van der Waals surface area (Å²) in [5.41, 5.74) is 4.62. The van der Waals surface area contributed by atoms with E-state index in [1.54, 1.807) is 0 Å². The molecule has 1 nitrogen and oxygen atoms in total. The third-order valence-corrected chi connectivity index (χ3v) is 6.30. The Morgan fingerprint density at radius 1 is 0.700 bits per heavy atom. The highest BCUT2D eigenvalue weighted by atomic mass is 16.5. The first-order valence-electron chi connectivity index (χ1n) is 11.2. The van der Waals surface area contributed by atoms with Crippen molar-refractivity contribution in [2.24, 2.45) is 0 Å². The summed E-state index contributed by atoms with van der Waals surface area (Å²) in [5, 5.41) is 0. The molecule has 3 rings (SSSR count). The first kappa shape index (κ1) is 22.2. The van der Waals surface area contributed by atoms with Crippen LogP contribution in [-0.2, 0) is 17.3 Å². The molecule has 0 N–H and O–H groups in total. The Morgan fingerprint density at radius 3 is 1.97 bits per heavy atom. The Hall–Kier alpha value is -2.54. The normalized spacial score (nSPS) is 13.6. The van der Waals surface area contributed by atoms with Gasteiger partial charge in [-0.15, -0.1) is 0 Å². The molecule has 0 aliphatic heterocycles. The molecule has 0 aliphatic carbocycles. The molecule has 3 aromatic rings. The number of rotatable bonds is 8. The monoisotopic (exact) mass is 400 g/mol. The lowest BCUT2D eigenvalue weighted by molar-refractivity contribution is 0.405. The summed E-state index contributed by atoms with van der Waals surface area (Å²) in [4.78, 5) is 0. The van der Waals surface area contributed by atoms with Gasteiger partial charge in [0.1, 0.15) is 11.5 Å². The number of para-hydroxylation sites is 1. The molecule has 0 heterocycles. The van der Waals surface area contributed by atoms with E-state index in [4.69, 9.17) is 4.74 Å². The van der Waals surface area contributed by atoms with Crippen molar-refractivity contribution in [3.8, 4) is 11.5 Å². The lowest BCUT2D eigenvalue weighted by Crippen LogP contribution is -2.21. The van der Waals surface area contributed by atoms with Crippen molar-refractivity contribution in [1.29, 1.82) is 0 Å². The van der Waals surface area contributed by atoms with Gasteiger partial charge in [-0.3, -0.25) is 0 Å². The highest BCUT2D eigenvalue weighted by Gasteiger charge is 2.24. The van der Waals surface area contributed by atoms with Crippen LogP contribution in [0.25, 0.3) is 0 Å². The summed E-state index contributed by atoms with van der Waals surface area (Å²) in [6.07, 6.45) is 4.57. The molecule has 0 aliphatic rings. The van der Waals surface area contributed by atoms with E-state index in [0.717, 1.165) is 24.3 Å². The number of hydrogen-bond acceptors (Lipinski definition) is 1. The van der Waals surface area contributed by atoms with E-state index in [1.165, 1.54) is 29.5 Å². The van der Waals surface area contributed by atoms with Crippen LogP contribution >= 0.6 is 0 Å². The Morgan fingerprint density at radius 2 is 1.33 bits per heavy atom. The molecule has 0 fully saturated rings. The predicted molar refractivity (Wildman–Crippen MR) is 129 cm³/mol. The van der Waals surface area contributed by atoms with E-state index in [0.29, 0.717) is 0 Å². The third-order valence-electron chi connectivity index (χ3n) is 6.30. The fourth-order valence-electron chi connectivity index (χ4n) is 3.97. The van der Waals surface area contributed by atoms with Crippen LogP contribution in [0.5, 0.6) is 11.5 Å². The predicted octanol–water partition coefficient (Wildman–Crippen LogP) is 8.47. The van der Waals surface area contributed by atoms with Crippen molar-refractivity contribution < 1.29 is 4.74 Å². The third kappa shape index (κ3) is 5.75. The molecule has 0 aromatic heterocycles. The van der Waals surface area contributed by atoms with E-state index in [2.05, 4.69) is 77.1 Å². The van der Waals surface area contributed by atoms with Gasteiger partial charge in [-0.25, -0.2) is 0 Å². The summed E-state index contributed by atoms with van der Waals surface area (Å²) >= 11 is 0. The van der Waals surface area contributed by atoms with Crippen molar-refractivity contribution in [1.82, 2.24) is 0 Å². The number of aryl methyl sites for hydroxylation is 1. The summed E-state index contributed by atoms with van der Waals surface area (Å²) < 4.78 is 6.00. The lowest BCUT2D eigenvalue weighted by atomic mass is 9.75. The Bertz CT molecular complexity index is 919. The minimum absolute atomic E-state index is 0.202. The van der Waals surface area contributed by atoms with Crippen LogP contribution in [0, 0.1) is 0 Å². The molecule has 0 amide bonds. The van der Waals surface area contributed by atoms with E-state index in [1.807, 2.05) is 36.4 Å². The van der Waals surface area contributed by atoms with Crippen molar-refractivity contribution in [2.45, 2.75) is 71.1 Å². The van der Waals surface area contributed by atoms with Gasteiger partial charge in [0.2, 0.25) is 0 Å². The summed E-state index contributed by atoms with van der Waals surface area (Å²) in [6.45, 7) is 11.5.